The van der Waals surface area contributed by atoms with Crippen LogP contribution in [0.25, 0.3) is 39.1 Å². The number of carbonyl (C=O) groups excluding carboxylic acids is 1. The summed E-state index contributed by atoms with van der Waals surface area (Å²) in [7, 11) is 0. The third kappa shape index (κ3) is 3.15. The van der Waals surface area contributed by atoms with Gasteiger partial charge in [0.05, 0.1) is 11.6 Å². The fourth-order valence-electron chi connectivity index (χ4n) is 5.20. The molecule has 1 aliphatic carbocycles. The summed E-state index contributed by atoms with van der Waals surface area (Å²) in [5, 5.41) is 4.11. The van der Waals surface area contributed by atoms with Crippen molar-refractivity contribution in [2.45, 2.75) is 6.04 Å². The minimum absolute atomic E-state index is 0.127. The van der Waals surface area contributed by atoms with E-state index in [1.54, 1.807) is 18.5 Å². The molecule has 0 spiro atoms. The lowest BCUT2D eigenvalue weighted by Crippen LogP contribution is -2.28. The average molecular weight is 468 g/mol. The number of rotatable bonds is 4. The number of hydrogen-bond acceptors (Lipinski definition) is 3. The number of amides is 1. The maximum Gasteiger partial charge on any atom is 0.252 e. The van der Waals surface area contributed by atoms with E-state index in [0.29, 0.717) is 11.2 Å². The van der Waals surface area contributed by atoms with E-state index in [1.807, 2.05) is 59.6 Å². The van der Waals surface area contributed by atoms with Crippen molar-refractivity contribution in [1.82, 2.24) is 24.8 Å². The van der Waals surface area contributed by atoms with Crippen LogP contribution in [0.5, 0.6) is 0 Å². The molecule has 1 atom stereocenters. The molecule has 0 aliphatic heterocycles. The van der Waals surface area contributed by atoms with Crippen LogP contribution in [-0.2, 0) is 0 Å². The highest BCUT2D eigenvalue weighted by Crippen LogP contribution is 2.48. The van der Waals surface area contributed by atoms with Crippen molar-refractivity contribution >= 4 is 16.9 Å². The molecule has 0 bridgehead atoms. The Labute approximate surface area is 207 Å². The highest BCUT2D eigenvalue weighted by Gasteiger charge is 2.32. The second-order valence-corrected chi connectivity index (χ2v) is 8.86. The monoisotopic (exact) mass is 467 g/mol. The topological polar surface area (TPSA) is 75.6 Å². The molecule has 0 fully saturated rings. The predicted molar refractivity (Wildman–Crippen MR) is 140 cm³/mol. The zero-order valence-electron chi connectivity index (χ0n) is 19.2. The second-order valence-electron chi connectivity index (χ2n) is 8.86. The minimum Gasteiger partial charge on any atom is -0.346 e. The van der Waals surface area contributed by atoms with Crippen LogP contribution in [0, 0.1) is 0 Å². The molecule has 6 aromatic rings. The van der Waals surface area contributed by atoms with Gasteiger partial charge in [-0.15, -0.1) is 0 Å². The molecule has 0 radical (unpaired) electrons. The number of nitrogens with one attached hydrogen (secondary N) is 2. The smallest absolute Gasteiger partial charge is 0.252 e. The first-order chi connectivity index (χ1) is 17.8. The average Bonchev–Trinajstić information content (AvgIpc) is 3.69. The fourth-order valence-corrected chi connectivity index (χ4v) is 5.20. The van der Waals surface area contributed by atoms with Crippen molar-refractivity contribution in [2.24, 2.45) is 0 Å². The lowest BCUT2D eigenvalue weighted by molar-refractivity contribution is 0.0945. The molecule has 4 heterocycles. The summed E-state index contributed by atoms with van der Waals surface area (Å²) in [5.41, 5.74) is 7.87. The van der Waals surface area contributed by atoms with Gasteiger partial charge in [0.2, 0.25) is 0 Å². The molecule has 1 aliphatic rings. The fraction of sp³-hybridized carbons (Fsp3) is 0.0333. The maximum atomic E-state index is 13.5. The van der Waals surface area contributed by atoms with Gasteiger partial charge in [-0.2, -0.15) is 0 Å². The summed E-state index contributed by atoms with van der Waals surface area (Å²) >= 11 is 0. The molecule has 0 saturated heterocycles. The third-order valence-electron chi connectivity index (χ3n) is 6.86. The quantitative estimate of drug-likeness (QED) is 0.338. The summed E-state index contributed by atoms with van der Waals surface area (Å²) < 4.78 is 1.99. The first-order valence-corrected chi connectivity index (χ1v) is 11.8. The van der Waals surface area contributed by atoms with E-state index in [1.165, 1.54) is 0 Å². The lowest BCUT2D eigenvalue weighted by Gasteiger charge is -2.17. The van der Waals surface area contributed by atoms with Gasteiger partial charge < -0.3 is 14.9 Å². The van der Waals surface area contributed by atoms with Crippen molar-refractivity contribution in [3.63, 3.8) is 0 Å². The molecule has 0 saturated carbocycles. The number of fused-ring (bicyclic) bond motifs is 4. The molecule has 1 unspecified atom stereocenters. The predicted octanol–water partition coefficient (Wildman–Crippen LogP) is 5.92. The maximum absolute atomic E-state index is 13.5. The normalized spacial score (nSPS) is 13.9. The molecular formula is C30H21N5O. The Kier molecular flexibility index (Phi) is 4.57. The van der Waals surface area contributed by atoms with Crippen molar-refractivity contribution in [1.29, 1.82) is 0 Å². The van der Waals surface area contributed by atoms with Crippen molar-refractivity contribution in [3.8, 4) is 28.1 Å². The van der Waals surface area contributed by atoms with Gasteiger partial charge in [0.25, 0.3) is 5.91 Å². The van der Waals surface area contributed by atoms with E-state index in [0.717, 1.165) is 44.6 Å². The van der Waals surface area contributed by atoms with E-state index in [2.05, 4.69) is 51.7 Å². The molecule has 2 aromatic carbocycles. The number of carbonyl (C=O) groups is 1. The summed E-state index contributed by atoms with van der Waals surface area (Å²) in [6.07, 6.45) is 9.34. The van der Waals surface area contributed by atoms with Gasteiger partial charge in [-0.25, -0.2) is 9.97 Å². The van der Waals surface area contributed by atoms with Crippen LogP contribution in [0.15, 0.2) is 110 Å². The number of aromatic nitrogens is 4. The largest absolute Gasteiger partial charge is 0.346 e. The van der Waals surface area contributed by atoms with E-state index in [9.17, 15) is 4.79 Å². The summed E-state index contributed by atoms with van der Waals surface area (Å²) in [6.45, 7) is 0. The van der Waals surface area contributed by atoms with E-state index in [-0.39, 0.29) is 11.9 Å². The second kappa shape index (κ2) is 8.06. The molecular weight excluding hydrogens is 446 g/mol. The van der Waals surface area contributed by atoms with Gasteiger partial charge in [0.1, 0.15) is 11.5 Å². The molecule has 36 heavy (non-hydrogen) atoms. The van der Waals surface area contributed by atoms with Crippen LogP contribution in [-0.4, -0.2) is 25.4 Å². The highest BCUT2D eigenvalue weighted by atomic mass is 16.1. The third-order valence-corrected chi connectivity index (χ3v) is 6.86. The highest BCUT2D eigenvalue weighted by molar-refractivity contribution is 6.06. The molecule has 4 aromatic heterocycles. The van der Waals surface area contributed by atoms with E-state index < -0.39 is 0 Å². The van der Waals surface area contributed by atoms with Crippen molar-refractivity contribution < 1.29 is 4.79 Å². The zero-order valence-corrected chi connectivity index (χ0v) is 19.2. The number of benzene rings is 2. The van der Waals surface area contributed by atoms with Crippen molar-refractivity contribution in [2.75, 3.05) is 0 Å². The SMILES string of the molecule is O=C(NC1c2ccccc2-c2c(-c3ccc(-n4cccc4)nc3)cccc21)c1ccnc2[nH]ccc12. The standard InChI is InChI=1S/C30H21N5O/c36-30(24-13-15-32-29-23(24)12-14-31-29)34-28-22-7-2-1-6-21(22)27-20(8-5-9-25(27)28)19-10-11-26(33-18-19)35-16-3-4-17-35/h1-18,28H,(H,31,32)(H,34,36). The molecule has 1 amide bonds. The van der Waals surface area contributed by atoms with Gasteiger partial charge in [0, 0.05) is 41.9 Å². The Morgan fingerprint density at radius 1 is 0.833 bits per heavy atom. The molecule has 172 valence electrons. The van der Waals surface area contributed by atoms with Gasteiger partial charge in [-0.05, 0) is 64.2 Å². The molecule has 2 N–H and O–H groups in total. The van der Waals surface area contributed by atoms with Crippen LogP contribution in [0.3, 0.4) is 0 Å². The number of hydrogen-bond donors (Lipinski definition) is 2. The van der Waals surface area contributed by atoms with Gasteiger partial charge in [-0.1, -0.05) is 42.5 Å². The van der Waals surface area contributed by atoms with E-state index >= 15 is 0 Å². The summed E-state index contributed by atoms with van der Waals surface area (Å²) in [4.78, 5) is 25.6. The Morgan fingerprint density at radius 3 is 2.53 bits per heavy atom. The Hall–Kier alpha value is -4.97. The molecule has 6 nitrogen and oxygen atoms in total. The van der Waals surface area contributed by atoms with Crippen LogP contribution in [0.4, 0.5) is 0 Å². The van der Waals surface area contributed by atoms with E-state index in [4.69, 9.17) is 4.98 Å². The van der Waals surface area contributed by atoms with Gasteiger partial charge >= 0.3 is 0 Å². The number of H-pyrrole nitrogens is 1. The van der Waals surface area contributed by atoms with Crippen LogP contribution in [0.2, 0.25) is 0 Å². The van der Waals surface area contributed by atoms with Gasteiger partial charge in [0.15, 0.2) is 0 Å². The first kappa shape index (κ1) is 20.4. The minimum atomic E-state index is -0.252. The lowest BCUT2D eigenvalue weighted by atomic mass is 9.95. The Balaban J connectivity index is 1.31. The Bertz CT molecular complexity index is 1730. The van der Waals surface area contributed by atoms with Crippen LogP contribution >= 0.6 is 0 Å². The first-order valence-electron chi connectivity index (χ1n) is 11.8. The number of pyridine rings is 2. The van der Waals surface area contributed by atoms with Gasteiger partial charge in [-0.3, -0.25) is 4.79 Å². The van der Waals surface area contributed by atoms with Crippen LogP contribution < -0.4 is 5.32 Å². The molecule has 7 rings (SSSR count). The number of nitrogens with zero attached hydrogens (tertiary/aromatic N) is 3. The van der Waals surface area contributed by atoms with Crippen molar-refractivity contribution in [3.05, 3.63) is 127 Å². The molecule has 6 heteroatoms. The number of aromatic amines is 1. The zero-order chi connectivity index (χ0) is 24.1. The van der Waals surface area contributed by atoms with Crippen LogP contribution in [0.1, 0.15) is 27.5 Å². The summed E-state index contributed by atoms with van der Waals surface area (Å²) in [5.74, 6) is 0.744. The Morgan fingerprint density at radius 2 is 1.67 bits per heavy atom. The summed E-state index contributed by atoms with van der Waals surface area (Å²) in [6, 6.07) is 26.1.